The third kappa shape index (κ3) is 3.20. The van der Waals surface area contributed by atoms with Gasteiger partial charge in [0.05, 0.1) is 4.88 Å². The Balaban J connectivity index is 1.76. The van der Waals surface area contributed by atoms with Gasteiger partial charge in [0.1, 0.15) is 11.5 Å². The van der Waals surface area contributed by atoms with E-state index in [4.69, 9.17) is 4.42 Å². The first-order valence-corrected chi connectivity index (χ1v) is 7.53. The Labute approximate surface area is 127 Å². The zero-order chi connectivity index (χ0) is 14.7. The Morgan fingerprint density at radius 2 is 1.90 bits per heavy atom. The van der Waals surface area contributed by atoms with Crippen LogP contribution in [0.2, 0.25) is 0 Å². The summed E-state index contributed by atoms with van der Waals surface area (Å²) in [5.74, 6) is 1.48. The minimum atomic E-state index is -0.00159. The van der Waals surface area contributed by atoms with E-state index >= 15 is 0 Å². The number of carbonyl (C=O) groups is 1. The number of ketones is 1. The van der Waals surface area contributed by atoms with Gasteiger partial charge in [-0.15, -0.1) is 11.3 Å². The standard InChI is InChI=1S/C18H14O2S/c1-13-4-6-14(7-5-13)17-11-9-15(20-17)8-10-16(19)18-3-2-12-21-18/h2-12H,1H3/b10-8+. The average Bonchev–Trinajstić information content (AvgIpc) is 3.17. The summed E-state index contributed by atoms with van der Waals surface area (Å²) in [6.07, 6.45) is 3.25. The molecule has 0 atom stereocenters. The Hall–Kier alpha value is -2.39. The summed E-state index contributed by atoms with van der Waals surface area (Å²) in [5, 5.41) is 1.89. The molecule has 0 unspecified atom stereocenters. The Morgan fingerprint density at radius 1 is 1.10 bits per heavy atom. The van der Waals surface area contributed by atoms with E-state index in [0.717, 1.165) is 16.2 Å². The van der Waals surface area contributed by atoms with E-state index in [9.17, 15) is 4.79 Å². The van der Waals surface area contributed by atoms with Crippen LogP contribution in [0.4, 0.5) is 0 Å². The van der Waals surface area contributed by atoms with Crippen LogP contribution in [-0.4, -0.2) is 5.78 Å². The molecule has 0 aliphatic carbocycles. The van der Waals surface area contributed by atoms with Crippen molar-refractivity contribution in [1.82, 2.24) is 0 Å². The highest BCUT2D eigenvalue weighted by Crippen LogP contribution is 2.23. The van der Waals surface area contributed by atoms with Gasteiger partial charge in [-0.05, 0) is 42.7 Å². The average molecular weight is 294 g/mol. The van der Waals surface area contributed by atoms with Gasteiger partial charge in [-0.2, -0.15) is 0 Å². The molecule has 0 aliphatic heterocycles. The number of furan rings is 1. The summed E-state index contributed by atoms with van der Waals surface area (Å²) in [4.78, 5) is 12.6. The highest BCUT2D eigenvalue weighted by atomic mass is 32.1. The summed E-state index contributed by atoms with van der Waals surface area (Å²) < 4.78 is 5.74. The molecule has 0 amide bonds. The number of hydrogen-bond acceptors (Lipinski definition) is 3. The lowest BCUT2D eigenvalue weighted by Crippen LogP contribution is -1.87. The molecule has 104 valence electrons. The zero-order valence-corrected chi connectivity index (χ0v) is 12.4. The van der Waals surface area contributed by atoms with Crippen LogP contribution in [0.3, 0.4) is 0 Å². The Bertz CT molecular complexity index is 762. The molecule has 1 aromatic carbocycles. The summed E-state index contributed by atoms with van der Waals surface area (Å²) in [7, 11) is 0. The second kappa shape index (κ2) is 5.94. The predicted molar refractivity (Wildman–Crippen MR) is 86.6 cm³/mol. The minimum absolute atomic E-state index is 0.00159. The van der Waals surface area contributed by atoms with Crippen LogP contribution >= 0.6 is 11.3 Å². The van der Waals surface area contributed by atoms with Gasteiger partial charge in [-0.25, -0.2) is 0 Å². The van der Waals surface area contributed by atoms with E-state index in [-0.39, 0.29) is 5.78 Å². The Kier molecular flexibility index (Phi) is 3.84. The normalized spacial score (nSPS) is 11.1. The van der Waals surface area contributed by atoms with Crippen molar-refractivity contribution in [1.29, 1.82) is 0 Å². The van der Waals surface area contributed by atoms with Gasteiger partial charge >= 0.3 is 0 Å². The third-order valence-corrected chi connectivity index (χ3v) is 4.01. The molecule has 0 aliphatic rings. The van der Waals surface area contributed by atoms with E-state index in [0.29, 0.717) is 5.76 Å². The highest BCUT2D eigenvalue weighted by molar-refractivity contribution is 7.12. The fourth-order valence-electron chi connectivity index (χ4n) is 1.97. The molecule has 3 heteroatoms. The molecule has 0 N–H and O–H groups in total. The van der Waals surface area contributed by atoms with E-state index in [1.165, 1.54) is 16.9 Å². The quantitative estimate of drug-likeness (QED) is 0.488. The molecule has 0 fully saturated rings. The maximum Gasteiger partial charge on any atom is 0.195 e. The van der Waals surface area contributed by atoms with Crippen molar-refractivity contribution in [3.63, 3.8) is 0 Å². The molecule has 0 bridgehead atoms. The molecule has 0 saturated heterocycles. The number of rotatable bonds is 4. The number of carbonyl (C=O) groups excluding carboxylic acids is 1. The lowest BCUT2D eigenvalue weighted by atomic mass is 10.1. The molecule has 2 aromatic heterocycles. The molecule has 0 saturated carbocycles. The summed E-state index contributed by atoms with van der Waals surface area (Å²) >= 11 is 1.44. The van der Waals surface area contributed by atoms with E-state index in [1.807, 2.05) is 53.9 Å². The number of aryl methyl sites for hydroxylation is 1. The molecule has 2 heterocycles. The van der Waals surface area contributed by atoms with Crippen molar-refractivity contribution >= 4 is 23.2 Å². The molecule has 3 aromatic rings. The summed E-state index contributed by atoms with van der Waals surface area (Å²) in [5.41, 5.74) is 2.25. The lowest BCUT2D eigenvalue weighted by Gasteiger charge is -1.97. The molecule has 0 spiro atoms. The molecule has 0 radical (unpaired) electrons. The van der Waals surface area contributed by atoms with Crippen molar-refractivity contribution in [3.8, 4) is 11.3 Å². The fraction of sp³-hybridized carbons (Fsp3) is 0.0556. The molecular formula is C18H14O2S. The zero-order valence-electron chi connectivity index (χ0n) is 11.6. The second-order valence-corrected chi connectivity index (χ2v) is 5.69. The van der Waals surface area contributed by atoms with E-state index < -0.39 is 0 Å². The van der Waals surface area contributed by atoms with E-state index in [1.54, 1.807) is 12.2 Å². The molecular weight excluding hydrogens is 280 g/mol. The third-order valence-electron chi connectivity index (χ3n) is 3.13. The minimum Gasteiger partial charge on any atom is -0.457 e. The summed E-state index contributed by atoms with van der Waals surface area (Å²) in [6, 6.07) is 15.6. The second-order valence-electron chi connectivity index (χ2n) is 4.74. The maximum absolute atomic E-state index is 11.9. The summed E-state index contributed by atoms with van der Waals surface area (Å²) in [6.45, 7) is 2.05. The van der Waals surface area contributed by atoms with Crippen LogP contribution in [0.1, 0.15) is 21.0 Å². The van der Waals surface area contributed by atoms with Crippen molar-refractivity contribution in [3.05, 3.63) is 76.2 Å². The maximum atomic E-state index is 11.9. The largest absolute Gasteiger partial charge is 0.457 e. The van der Waals surface area contributed by atoms with Crippen molar-refractivity contribution in [2.75, 3.05) is 0 Å². The first kappa shape index (κ1) is 13.6. The van der Waals surface area contributed by atoms with Crippen LogP contribution < -0.4 is 0 Å². The topological polar surface area (TPSA) is 30.2 Å². The number of hydrogen-bond donors (Lipinski definition) is 0. The highest BCUT2D eigenvalue weighted by Gasteiger charge is 2.05. The van der Waals surface area contributed by atoms with Crippen molar-refractivity contribution in [2.45, 2.75) is 6.92 Å². The van der Waals surface area contributed by atoms with Crippen LogP contribution in [0, 0.1) is 6.92 Å². The molecule has 21 heavy (non-hydrogen) atoms. The van der Waals surface area contributed by atoms with Gasteiger partial charge in [0.15, 0.2) is 5.78 Å². The first-order valence-electron chi connectivity index (χ1n) is 6.65. The van der Waals surface area contributed by atoms with Gasteiger partial charge in [0.25, 0.3) is 0 Å². The molecule has 2 nitrogen and oxygen atoms in total. The predicted octanol–water partition coefficient (Wildman–Crippen LogP) is 5.21. The van der Waals surface area contributed by atoms with Crippen molar-refractivity contribution in [2.24, 2.45) is 0 Å². The van der Waals surface area contributed by atoms with Crippen LogP contribution in [0.25, 0.3) is 17.4 Å². The lowest BCUT2D eigenvalue weighted by molar-refractivity contribution is 0.105. The van der Waals surface area contributed by atoms with Gasteiger partial charge in [0, 0.05) is 5.56 Å². The van der Waals surface area contributed by atoms with Crippen LogP contribution in [0.15, 0.2) is 64.4 Å². The SMILES string of the molecule is Cc1ccc(-c2ccc(/C=C/C(=O)c3cccs3)o2)cc1. The van der Waals surface area contributed by atoms with Gasteiger partial charge in [-0.3, -0.25) is 4.79 Å². The Morgan fingerprint density at radius 3 is 2.62 bits per heavy atom. The van der Waals surface area contributed by atoms with Gasteiger partial charge in [0.2, 0.25) is 0 Å². The number of allylic oxidation sites excluding steroid dienone is 1. The monoisotopic (exact) mass is 294 g/mol. The van der Waals surface area contributed by atoms with Crippen molar-refractivity contribution < 1.29 is 9.21 Å². The number of thiophene rings is 1. The van der Waals surface area contributed by atoms with Crippen LogP contribution in [0.5, 0.6) is 0 Å². The first-order chi connectivity index (χ1) is 10.2. The van der Waals surface area contributed by atoms with Gasteiger partial charge in [-0.1, -0.05) is 35.9 Å². The van der Waals surface area contributed by atoms with E-state index in [2.05, 4.69) is 6.92 Å². The number of benzene rings is 1. The smallest absolute Gasteiger partial charge is 0.195 e. The molecule has 3 rings (SSSR count). The van der Waals surface area contributed by atoms with Gasteiger partial charge < -0.3 is 4.42 Å². The van der Waals surface area contributed by atoms with Crippen LogP contribution in [-0.2, 0) is 0 Å². The fourth-order valence-corrected chi connectivity index (χ4v) is 2.62.